The monoisotopic (exact) mass is 757 g/mol. The third-order valence-corrected chi connectivity index (χ3v) is 10.2. The molecule has 0 aliphatic carbocycles. The van der Waals surface area contributed by atoms with Gasteiger partial charge in [0.25, 0.3) is 5.91 Å². The van der Waals surface area contributed by atoms with Gasteiger partial charge in [0.1, 0.15) is 44.1 Å². The van der Waals surface area contributed by atoms with Gasteiger partial charge in [-0.05, 0) is 48.0 Å². The van der Waals surface area contributed by atoms with E-state index < -0.39 is 61.6 Å². The molecule has 0 saturated heterocycles. The predicted octanol–water partition coefficient (Wildman–Crippen LogP) is 5.53. The van der Waals surface area contributed by atoms with E-state index in [0.717, 1.165) is 22.9 Å². The first kappa shape index (κ1) is 36.4. The number of aliphatic hydroxyl groups is 1. The summed E-state index contributed by atoms with van der Waals surface area (Å²) in [4.78, 5) is 17.6. The maximum atomic E-state index is 14.6. The van der Waals surface area contributed by atoms with Gasteiger partial charge in [0, 0.05) is 48.0 Å². The van der Waals surface area contributed by atoms with E-state index >= 15 is 0 Å². The minimum atomic E-state index is -4.27. The van der Waals surface area contributed by atoms with E-state index in [1.54, 1.807) is 6.07 Å². The van der Waals surface area contributed by atoms with E-state index in [9.17, 15) is 39.9 Å². The molecule has 2 N–H and O–H groups in total. The van der Waals surface area contributed by atoms with Crippen molar-refractivity contribution in [3.63, 3.8) is 0 Å². The molecule has 52 heavy (non-hydrogen) atoms. The fourth-order valence-electron chi connectivity index (χ4n) is 5.85. The molecule has 6 rings (SSSR count). The molecule has 17 heteroatoms. The van der Waals surface area contributed by atoms with E-state index in [1.807, 2.05) is 0 Å². The van der Waals surface area contributed by atoms with Crippen LogP contribution in [0.1, 0.15) is 10.4 Å². The number of aliphatic hydroxyl groups excluding tert-OH is 1. The van der Waals surface area contributed by atoms with Crippen molar-refractivity contribution in [3.8, 4) is 39.7 Å². The number of fused-ring (bicyclic) bond motifs is 2. The lowest BCUT2D eigenvalue weighted by molar-refractivity contribution is 0.0964. The Balaban J connectivity index is 1.66. The highest BCUT2D eigenvalue weighted by molar-refractivity contribution is 7.92. The second-order valence-corrected chi connectivity index (χ2v) is 16.1. The number of nitrogens with zero attached hydrogens (tertiary/aromatic N) is 2. The van der Waals surface area contributed by atoms with Gasteiger partial charge in [-0.1, -0.05) is 6.07 Å². The fourth-order valence-corrected chi connectivity index (χ4v) is 7.60. The number of ether oxygens (including phenoxy) is 1. The molecule has 0 fully saturated rings. The molecule has 272 valence electrons. The minimum absolute atomic E-state index is 0.0214. The van der Waals surface area contributed by atoms with Crippen molar-refractivity contribution in [1.82, 2.24) is 10.3 Å². The number of methoxy groups -OCH3 is 1. The molecule has 1 unspecified atom stereocenters. The van der Waals surface area contributed by atoms with E-state index in [4.69, 9.17) is 13.6 Å². The largest absolute Gasteiger partial charge is 0.496 e. The standard InChI is InChI=1S/C35H30F3N3O9S2/c1-39-34(43)31-24-14-23(19-7-10-28(48-2)25(11-19)35-40-32-26(38)12-21(37)13-30(32)50-35)27(41(52(4,46)47)16-22(42)17-51(3,44)45)15-29(24)49-33(31)18-5-8-20(36)9-6-18/h5-15,22,42H,16-17H2,1-4H3,(H,39,43). The third-order valence-electron chi connectivity index (χ3n) is 8.06. The average Bonchev–Trinajstić information content (AvgIpc) is 3.67. The van der Waals surface area contributed by atoms with E-state index in [-0.39, 0.29) is 67.4 Å². The highest BCUT2D eigenvalue weighted by Crippen LogP contribution is 2.44. The van der Waals surface area contributed by atoms with Gasteiger partial charge in [-0.2, -0.15) is 0 Å². The Hall–Kier alpha value is -5.39. The molecule has 0 spiro atoms. The maximum absolute atomic E-state index is 14.6. The molecule has 0 aliphatic heterocycles. The number of aromatic nitrogens is 1. The minimum Gasteiger partial charge on any atom is -0.496 e. The van der Waals surface area contributed by atoms with Crippen LogP contribution in [0.4, 0.5) is 18.9 Å². The Kier molecular flexibility index (Phi) is 9.54. The number of hydrogen-bond acceptors (Lipinski definition) is 10. The first-order chi connectivity index (χ1) is 24.5. The summed E-state index contributed by atoms with van der Waals surface area (Å²) >= 11 is 0. The van der Waals surface area contributed by atoms with Gasteiger partial charge in [0.15, 0.2) is 11.4 Å². The molecule has 2 heterocycles. The zero-order valence-electron chi connectivity index (χ0n) is 27.9. The first-order valence-corrected chi connectivity index (χ1v) is 19.2. The zero-order valence-corrected chi connectivity index (χ0v) is 29.5. The van der Waals surface area contributed by atoms with Gasteiger partial charge in [-0.3, -0.25) is 9.10 Å². The highest BCUT2D eigenvalue weighted by Gasteiger charge is 2.30. The first-order valence-electron chi connectivity index (χ1n) is 15.3. The Labute approximate surface area is 295 Å². The summed E-state index contributed by atoms with van der Waals surface area (Å²) in [7, 11) is -5.27. The van der Waals surface area contributed by atoms with Crippen LogP contribution in [0, 0.1) is 17.5 Å². The van der Waals surface area contributed by atoms with Crippen LogP contribution in [-0.4, -0.2) is 77.9 Å². The predicted molar refractivity (Wildman–Crippen MR) is 188 cm³/mol. The van der Waals surface area contributed by atoms with Crippen molar-refractivity contribution in [2.45, 2.75) is 6.10 Å². The highest BCUT2D eigenvalue weighted by atomic mass is 32.2. The molecule has 0 radical (unpaired) electrons. The van der Waals surface area contributed by atoms with Crippen molar-refractivity contribution in [3.05, 3.63) is 89.7 Å². The molecule has 0 bridgehead atoms. The van der Waals surface area contributed by atoms with Crippen LogP contribution in [0.15, 0.2) is 75.6 Å². The third kappa shape index (κ3) is 7.19. The van der Waals surface area contributed by atoms with Crippen molar-refractivity contribution < 1.29 is 53.5 Å². The Bertz CT molecular complexity index is 2590. The van der Waals surface area contributed by atoms with E-state index in [1.165, 1.54) is 62.7 Å². The Morgan fingerprint density at radius 1 is 0.904 bits per heavy atom. The number of oxazole rings is 1. The molecule has 0 aliphatic rings. The topological polar surface area (TPSA) is 169 Å². The number of carbonyl (C=O) groups is 1. The quantitative estimate of drug-likeness (QED) is 0.171. The number of rotatable bonds is 11. The van der Waals surface area contributed by atoms with Crippen molar-refractivity contribution >= 4 is 53.5 Å². The summed E-state index contributed by atoms with van der Waals surface area (Å²) in [6.45, 7) is -0.697. The van der Waals surface area contributed by atoms with Crippen molar-refractivity contribution in [2.75, 3.05) is 43.3 Å². The van der Waals surface area contributed by atoms with Crippen molar-refractivity contribution in [2.24, 2.45) is 0 Å². The number of carbonyl (C=O) groups excluding carboxylic acids is 1. The van der Waals surface area contributed by atoms with Crippen LogP contribution < -0.4 is 14.4 Å². The van der Waals surface area contributed by atoms with Crippen LogP contribution in [0.5, 0.6) is 5.75 Å². The maximum Gasteiger partial charge on any atom is 0.255 e. The molecule has 12 nitrogen and oxygen atoms in total. The average molecular weight is 758 g/mol. The fraction of sp³-hybridized carbons (Fsp3) is 0.200. The van der Waals surface area contributed by atoms with Gasteiger partial charge in [0.2, 0.25) is 15.9 Å². The summed E-state index contributed by atoms with van der Waals surface area (Å²) < 4.78 is 111. The van der Waals surface area contributed by atoms with Crippen LogP contribution in [0.3, 0.4) is 0 Å². The number of anilines is 1. The van der Waals surface area contributed by atoms with Crippen molar-refractivity contribution in [1.29, 1.82) is 0 Å². The van der Waals surface area contributed by atoms with Crippen LogP contribution >= 0.6 is 0 Å². The van der Waals surface area contributed by atoms with Gasteiger partial charge in [0.05, 0.1) is 48.6 Å². The number of hydrogen-bond donors (Lipinski definition) is 2. The second kappa shape index (κ2) is 13.6. The number of halogens is 3. The number of benzene rings is 4. The van der Waals surface area contributed by atoms with Crippen LogP contribution in [0.2, 0.25) is 0 Å². The van der Waals surface area contributed by atoms with Crippen LogP contribution in [0.25, 0.3) is 56.0 Å². The second-order valence-electron chi connectivity index (χ2n) is 12.0. The van der Waals surface area contributed by atoms with E-state index in [0.29, 0.717) is 11.6 Å². The SMILES string of the molecule is CNC(=O)c1c(-c2ccc(F)cc2)oc2cc(N(CC(O)CS(C)(=O)=O)S(C)(=O)=O)c(-c3ccc(OC)c(-c4nc5c(F)cc(F)cc5o4)c3)cc12. The number of furan rings is 1. The molecule has 1 amide bonds. The van der Waals surface area contributed by atoms with E-state index in [2.05, 4.69) is 10.3 Å². The summed E-state index contributed by atoms with van der Waals surface area (Å²) in [5.74, 6) is -3.68. The molecular weight excluding hydrogens is 728 g/mol. The number of amides is 1. The lowest BCUT2D eigenvalue weighted by Crippen LogP contribution is -2.39. The molecular formula is C35H30F3N3O9S2. The van der Waals surface area contributed by atoms with Crippen LogP contribution in [-0.2, 0) is 19.9 Å². The normalized spacial score (nSPS) is 12.7. The summed E-state index contributed by atoms with van der Waals surface area (Å²) in [5.41, 5.74) is 0.400. The van der Waals surface area contributed by atoms with Gasteiger partial charge in [-0.25, -0.2) is 35.0 Å². The molecule has 4 aromatic carbocycles. The van der Waals surface area contributed by atoms with Gasteiger partial charge in [-0.15, -0.1) is 0 Å². The summed E-state index contributed by atoms with van der Waals surface area (Å²) in [6, 6.07) is 14.1. The van der Waals surface area contributed by atoms with Gasteiger partial charge < -0.3 is 24.0 Å². The zero-order chi connectivity index (χ0) is 37.7. The lowest BCUT2D eigenvalue weighted by Gasteiger charge is -2.27. The molecule has 2 aromatic heterocycles. The number of nitrogens with one attached hydrogen (secondary N) is 1. The number of sulfonamides is 1. The smallest absolute Gasteiger partial charge is 0.255 e. The molecule has 1 atom stereocenters. The van der Waals surface area contributed by atoms with Gasteiger partial charge >= 0.3 is 0 Å². The Morgan fingerprint density at radius 2 is 1.60 bits per heavy atom. The molecule has 6 aromatic rings. The molecule has 0 saturated carbocycles. The Morgan fingerprint density at radius 3 is 2.23 bits per heavy atom. The lowest BCUT2D eigenvalue weighted by atomic mass is 9.96. The number of sulfone groups is 1. The summed E-state index contributed by atoms with van der Waals surface area (Å²) in [5, 5.41) is 13.5. The summed E-state index contributed by atoms with van der Waals surface area (Å²) in [6.07, 6.45) is 0.0911.